The Morgan fingerprint density at radius 2 is 0.629 bits per heavy atom. The van der Waals surface area contributed by atoms with E-state index < -0.39 is 8.07 Å². The monoisotopic (exact) mass is 910 g/mol. The largest absolute Gasteiger partial charge is 0.309 e. The van der Waals surface area contributed by atoms with E-state index >= 15 is 0 Å². The summed E-state index contributed by atoms with van der Waals surface area (Å²) in [5.74, 6) is 1.67. The molecule has 0 aliphatic carbocycles. The van der Waals surface area contributed by atoms with Gasteiger partial charge >= 0.3 is 0 Å². The average molecular weight is 911 g/mol. The van der Waals surface area contributed by atoms with Crippen molar-refractivity contribution in [3.63, 3.8) is 0 Å². The summed E-state index contributed by atoms with van der Waals surface area (Å²) >= 11 is 0. The molecule has 0 amide bonds. The molecule has 70 heavy (non-hydrogen) atoms. The normalized spacial score (nSPS) is 12.0. The Balaban J connectivity index is 1.04. The molecule has 0 aliphatic rings. The van der Waals surface area contributed by atoms with Crippen molar-refractivity contribution < 1.29 is 0 Å². The average Bonchev–Trinajstić information content (AvgIpc) is 4.08. The molecule has 328 valence electrons. The molecule has 0 atom stereocenters. The molecule has 6 nitrogen and oxygen atoms in total. The van der Waals surface area contributed by atoms with Gasteiger partial charge in [-0.15, -0.1) is 0 Å². The van der Waals surface area contributed by atoms with E-state index in [9.17, 15) is 0 Å². The van der Waals surface area contributed by atoms with Gasteiger partial charge < -0.3 is 4.57 Å². The van der Waals surface area contributed by atoms with Crippen LogP contribution in [0.2, 0.25) is 0 Å². The van der Waals surface area contributed by atoms with Crippen molar-refractivity contribution in [1.82, 2.24) is 28.7 Å². The van der Waals surface area contributed by atoms with Crippen LogP contribution in [-0.4, -0.2) is 36.7 Å². The summed E-state index contributed by atoms with van der Waals surface area (Å²) in [5.41, 5.74) is 8.30. The lowest BCUT2D eigenvalue weighted by Gasteiger charge is -2.34. The molecule has 4 aromatic heterocycles. The summed E-state index contributed by atoms with van der Waals surface area (Å²) in [6, 6.07) is 92.1. The summed E-state index contributed by atoms with van der Waals surface area (Å²) < 4.78 is 6.78. The van der Waals surface area contributed by atoms with E-state index in [1.54, 1.807) is 0 Å². The zero-order valence-corrected chi connectivity index (χ0v) is 38.9. The van der Waals surface area contributed by atoms with E-state index in [1.807, 2.05) is 0 Å². The highest BCUT2D eigenvalue weighted by Crippen LogP contribution is 2.36. The Morgan fingerprint density at radius 3 is 1.07 bits per heavy atom. The van der Waals surface area contributed by atoms with Crippen molar-refractivity contribution in [1.29, 1.82) is 0 Å². The van der Waals surface area contributed by atoms with Crippen LogP contribution in [0.5, 0.6) is 0 Å². The lowest BCUT2D eigenvalue weighted by atomic mass is 10.1. The second-order valence-electron chi connectivity index (χ2n) is 18.0. The van der Waals surface area contributed by atoms with Crippen LogP contribution in [0.25, 0.3) is 94.4 Å². The molecule has 0 unspecified atom stereocenters. The Labute approximate surface area is 404 Å². The maximum absolute atomic E-state index is 5.52. The molecule has 14 rings (SSSR count). The molecule has 0 saturated heterocycles. The predicted molar refractivity (Wildman–Crippen MR) is 292 cm³/mol. The number of hydrogen-bond acceptors (Lipinski definition) is 3. The fourth-order valence-corrected chi connectivity index (χ4v) is 16.1. The summed E-state index contributed by atoms with van der Waals surface area (Å²) in [7, 11) is -2.84. The summed E-state index contributed by atoms with van der Waals surface area (Å²) in [5, 5.41) is 12.3. The van der Waals surface area contributed by atoms with Crippen LogP contribution in [0.4, 0.5) is 0 Å². The fourth-order valence-electron chi connectivity index (χ4n) is 11.3. The quantitative estimate of drug-likeness (QED) is 0.113. The molecule has 7 heteroatoms. The molecule has 0 N–H and O–H groups in total. The number of rotatable bonds is 8. The molecule has 14 aromatic rings. The van der Waals surface area contributed by atoms with Gasteiger partial charge in [-0.2, -0.15) is 15.0 Å². The van der Waals surface area contributed by atoms with Crippen molar-refractivity contribution in [2.24, 2.45) is 0 Å². The Bertz CT molecular complexity index is 4100. The molecule has 0 fully saturated rings. The summed E-state index contributed by atoms with van der Waals surface area (Å²) in [4.78, 5) is 16.5. The van der Waals surface area contributed by atoms with Gasteiger partial charge in [0.1, 0.15) is 0 Å². The number of benzene rings is 10. The third-order valence-corrected chi connectivity index (χ3v) is 19.0. The van der Waals surface area contributed by atoms with Gasteiger partial charge in [-0.1, -0.05) is 206 Å². The third-order valence-electron chi connectivity index (χ3n) is 14.3. The van der Waals surface area contributed by atoms with Crippen molar-refractivity contribution >= 4 is 94.2 Å². The van der Waals surface area contributed by atoms with Crippen LogP contribution >= 0.6 is 0 Å². The Kier molecular flexibility index (Phi) is 9.12. The van der Waals surface area contributed by atoms with Crippen LogP contribution in [0, 0.1) is 0 Å². The van der Waals surface area contributed by atoms with E-state index in [0.717, 1.165) is 65.9 Å². The molecule has 0 spiro atoms. The minimum absolute atomic E-state index is 0.542. The second-order valence-corrected chi connectivity index (χ2v) is 21.8. The standard InChI is InChI=1S/C63H42N6Si/c1-4-23-45(24-5-1)70(46-25-6-2-7-26-46,47-27-8-3-9-28-47)48-39-40-60-54(42-48)53-33-14-19-38-59(53)69(60)63-65-61(64-62(66-63)68-57-36-17-12-31-51(57)52-32-13-18-37-58(52)68)43-21-20-22-44(41-43)67-55-34-15-10-29-49(55)50-30-11-16-35-56(50)67/h1-42H. The number of nitrogens with zero attached hydrogens (tertiary/aromatic N) is 6. The lowest BCUT2D eigenvalue weighted by Crippen LogP contribution is -2.74. The molecule has 10 aromatic carbocycles. The smallest absolute Gasteiger partial charge is 0.240 e. The predicted octanol–water partition coefficient (Wildman–Crippen LogP) is 12.2. The van der Waals surface area contributed by atoms with Gasteiger partial charge in [0.15, 0.2) is 13.9 Å². The summed E-state index contributed by atoms with van der Waals surface area (Å²) in [6.07, 6.45) is 0. The highest BCUT2D eigenvalue weighted by molar-refractivity contribution is 7.20. The SMILES string of the molecule is c1ccc([Si](c2ccccc2)(c2ccccc2)c2ccc3c(c2)c2ccccc2n3-c2nc(-c3cccc(-n4c5ccccc5c5ccccc54)c3)nc(-n3c4ccccc4c4ccccc43)n2)cc1. The zero-order chi connectivity index (χ0) is 46.2. The molecular formula is C63H42N6Si. The van der Waals surface area contributed by atoms with Gasteiger partial charge in [-0.25, -0.2) is 0 Å². The van der Waals surface area contributed by atoms with Crippen LogP contribution in [0.3, 0.4) is 0 Å². The number of hydrogen-bond donors (Lipinski definition) is 0. The lowest BCUT2D eigenvalue weighted by molar-refractivity contribution is 0.892. The highest BCUT2D eigenvalue weighted by Gasteiger charge is 2.41. The van der Waals surface area contributed by atoms with Gasteiger partial charge in [0.05, 0.1) is 33.1 Å². The molecule has 4 heterocycles. The first-order valence-corrected chi connectivity index (χ1v) is 25.8. The van der Waals surface area contributed by atoms with Gasteiger partial charge in [0, 0.05) is 43.6 Å². The Morgan fingerprint density at radius 1 is 0.257 bits per heavy atom. The molecule has 0 bridgehead atoms. The van der Waals surface area contributed by atoms with Crippen molar-refractivity contribution in [3.05, 3.63) is 255 Å². The van der Waals surface area contributed by atoms with Gasteiger partial charge in [0.25, 0.3) is 0 Å². The zero-order valence-electron chi connectivity index (χ0n) is 37.9. The van der Waals surface area contributed by atoms with Gasteiger partial charge in [-0.05, 0) is 69.3 Å². The second kappa shape index (κ2) is 16.0. The van der Waals surface area contributed by atoms with E-state index in [4.69, 9.17) is 15.0 Å². The van der Waals surface area contributed by atoms with E-state index in [-0.39, 0.29) is 0 Å². The van der Waals surface area contributed by atoms with Crippen LogP contribution in [0.1, 0.15) is 0 Å². The highest BCUT2D eigenvalue weighted by atomic mass is 28.3. The third kappa shape index (κ3) is 6.02. The molecular weight excluding hydrogens is 869 g/mol. The first kappa shape index (κ1) is 39.9. The number of fused-ring (bicyclic) bond motifs is 9. The van der Waals surface area contributed by atoms with Gasteiger partial charge in [-0.3, -0.25) is 9.13 Å². The van der Waals surface area contributed by atoms with E-state index in [2.05, 4.69) is 268 Å². The maximum atomic E-state index is 5.52. The van der Waals surface area contributed by atoms with E-state index in [1.165, 1.54) is 31.5 Å². The molecule has 0 radical (unpaired) electrons. The molecule has 0 aliphatic heterocycles. The number of para-hydroxylation sites is 5. The van der Waals surface area contributed by atoms with Crippen molar-refractivity contribution in [2.45, 2.75) is 0 Å². The van der Waals surface area contributed by atoms with Crippen molar-refractivity contribution in [2.75, 3.05) is 0 Å². The minimum Gasteiger partial charge on any atom is -0.309 e. The topological polar surface area (TPSA) is 53.5 Å². The molecule has 0 saturated carbocycles. The minimum atomic E-state index is -2.84. The summed E-state index contributed by atoms with van der Waals surface area (Å²) in [6.45, 7) is 0. The first-order valence-electron chi connectivity index (χ1n) is 23.8. The van der Waals surface area contributed by atoms with E-state index in [0.29, 0.717) is 17.7 Å². The van der Waals surface area contributed by atoms with Crippen LogP contribution < -0.4 is 20.7 Å². The van der Waals surface area contributed by atoms with Crippen LogP contribution in [0.15, 0.2) is 255 Å². The number of aromatic nitrogens is 6. The fraction of sp³-hybridized carbons (Fsp3) is 0. The van der Waals surface area contributed by atoms with Crippen molar-refractivity contribution in [3.8, 4) is 29.0 Å². The van der Waals surface area contributed by atoms with Crippen LogP contribution in [-0.2, 0) is 0 Å². The maximum Gasteiger partial charge on any atom is 0.240 e. The Hall–Kier alpha value is -9.17. The van der Waals surface area contributed by atoms with Gasteiger partial charge in [0.2, 0.25) is 11.9 Å². The first-order chi connectivity index (χ1) is 34.7.